The van der Waals surface area contributed by atoms with E-state index in [2.05, 4.69) is 0 Å². The first-order valence-corrected chi connectivity index (χ1v) is 7.06. The van der Waals surface area contributed by atoms with Crippen LogP contribution in [-0.2, 0) is 0 Å². The van der Waals surface area contributed by atoms with Crippen LogP contribution in [0.4, 0.5) is 0 Å². The second-order valence-corrected chi connectivity index (χ2v) is 5.10. The van der Waals surface area contributed by atoms with Crippen LogP contribution in [0.3, 0.4) is 0 Å². The highest BCUT2D eigenvalue weighted by atomic mass is 16.5. The van der Waals surface area contributed by atoms with E-state index in [0.29, 0.717) is 33.9 Å². The van der Waals surface area contributed by atoms with Crippen LogP contribution >= 0.6 is 0 Å². The molecule has 0 aliphatic heterocycles. The van der Waals surface area contributed by atoms with Crippen LogP contribution in [0.2, 0.25) is 0 Å². The second kappa shape index (κ2) is 5.68. The number of methoxy groups -OCH3 is 3. The van der Waals surface area contributed by atoms with Crippen molar-refractivity contribution in [3.05, 3.63) is 53.1 Å². The molecule has 0 saturated carbocycles. The Morgan fingerprint density at radius 3 is 2.09 bits per heavy atom. The van der Waals surface area contributed by atoms with E-state index in [1.165, 1.54) is 7.11 Å². The molecule has 0 amide bonds. The lowest BCUT2D eigenvalue weighted by molar-refractivity contribution is 0.105. The van der Waals surface area contributed by atoms with Gasteiger partial charge in [0.05, 0.1) is 38.2 Å². The van der Waals surface area contributed by atoms with Crippen molar-refractivity contribution in [2.75, 3.05) is 21.3 Å². The number of rotatable bonds is 4. The summed E-state index contributed by atoms with van der Waals surface area (Å²) in [5.74, 6) is 1.61. The number of nitrogens with two attached hydrogens (primary N) is 1. The lowest BCUT2D eigenvalue weighted by Crippen LogP contribution is -2.02. The van der Waals surface area contributed by atoms with Gasteiger partial charge in [-0.05, 0) is 23.8 Å². The average Bonchev–Trinajstić information content (AvgIpc) is 2.85. The van der Waals surface area contributed by atoms with Crippen LogP contribution in [0, 0.1) is 0 Å². The maximum absolute atomic E-state index is 12.9. The van der Waals surface area contributed by atoms with Crippen molar-refractivity contribution in [1.82, 2.24) is 0 Å². The third-order valence-corrected chi connectivity index (χ3v) is 3.92. The Balaban J connectivity index is 2.15. The van der Waals surface area contributed by atoms with Crippen molar-refractivity contribution < 1.29 is 19.0 Å². The maximum atomic E-state index is 12.9. The van der Waals surface area contributed by atoms with E-state index in [1.807, 2.05) is 12.1 Å². The summed E-state index contributed by atoms with van der Waals surface area (Å²) in [6.07, 6.45) is 0. The highest BCUT2D eigenvalue weighted by Crippen LogP contribution is 2.42. The third-order valence-electron chi connectivity index (χ3n) is 3.92. The molecule has 0 fully saturated rings. The van der Waals surface area contributed by atoms with E-state index in [4.69, 9.17) is 19.9 Å². The highest BCUT2D eigenvalue weighted by Gasteiger charge is 2.33. The fraction of sp³-hybridized carbons (Fsp3) is 0.167. The van der Waals surface area contributed by atoms with Crippen LogP contribution < -0.4 is 19.9 Å². The molecule has 118 valence electrons. The zero-order chi connectivity index (χ0) is 16.6. The summed E-state index contributed by atoms with van der Waals surface area (Å²) in [4.78, 5) is 12.9. The Morgan fingerprint density at radius 2 is 1.52 bits per heavy atom. The fourth-order valence-electron chi connectivity index (χ4n) is 2.74. The van der Waals surface area contributed by atoms with Crippen molar-refractivity contribution in [3.8, 4) is 17.2 Å². The van der Waals surface area contributed by atoms with Crippen molar-refractivity contribution in [2.45, 2.75) is 0 Å². The summed E-state index contributed by atoms with van der Waals surface area (Å²) in [7, 11) is 4.67. The number of hydrogen-bond donors (Lipinski definition) is 1. The molecule has 0 aromatic heterocycles. The molecule has 0 bridgehead atoms. The largest absolute Gasteiger partial charge is 0.497 e. The van der Waals surface area contributed by atoms with Gasteiger partial charge in [0, 0.05) is 11.6 Å². The molecule has 0 heterocycles. The number of ketones is 1. The Bertz CT molecular complexity index is 807. The fourth-order valence-corrected chi connectivity index (χ4v) is 2.74. The Hall–Kier alpha value is -2.95. The molecule has 0 atom stereocenters. The van der Waals surface area contributed by atoms with Gasteiger partial charge in [0.1, 0.15) is 17.2 Å². The van der Waals surface area contributed by atoms with E-state index in [9.17, 15) is 4.79 Å². The van der Waals surface area contributed by atoms with Gasteiger partial charge in [-0.1, -0.05) is 12.1 Å². The van der Waals surface area contributed by atoms with Crippen LogP contribution in [0.25, 0.3) is 11.3 Å². The third kappa shape index (κ3) is 2.30. The van der Waals surface area contributed by atoms with Crippen LogP contribution in [0.5, 0.6) is 17.2 Å². The molecule has 5 heteroatoms. The van der Waals surface area contributed by atoms with Gasteiger partial charge in [0.2, 0.25) is 0 Å². The SMILES string of the molecule is COc1ccc(C2=C(N)c3cc(OC)cc(OC)c3C2=O)cc1. The molecule has 0 spiro atoms. The lowest BCUT2D eigenvalue weighted by atomic mass is 10.0. The lowest BCUT2D eigenvalue weighted by Gasteiger charge is -2.09. The molecule has 2 aromatic rings. The molecular formula is C18H17NO4. The molecule has 1 aliphatic carbocycles. The minimum Gasteiger partial charge on any atom is -0.497 e. The number of carbonyl (C=O) groups is 1. The molecular weight excluding hydrogens is 294 g/mol. The first-order chi connectivity index (χ1) is 11.1. The molecule has 23 heavy (non-hydrogen) atoms. The number of carbonyl (C=O) groups excluding carboxylic acids is 1. The second-order valence-electron chi connectivity index (χ2n) is 5.10. The number of ether oxygens (including phenoxy) is 3. The maximum Gasteiger partial charge on any atom is 0.200 e. The van der Waals surface area contributed by atoms with Gasteiger partial charge in [-0.2, -0.15) is 0 Å². The zero-order valence-corrected chi connectivity index (χ0v) is 13.2. The molecule has 2 N–H and O–H groups in total. The van der Waals surface area contributed by atoms with Gasteiger partial charge >= 0.3 is 0 Å². The van der Waals surface area contributed by atoms with Gasteiger partial charge in [-0.15, -0.1) is 0 Å². The Labute approximate surface area is 134 Å². The Kier molecular flexibility index (Phi) is 3.70. The molecule has 3 rings (SSSR count). The normalized spacial score (nSPS) is 13.1. The van der Waals surface area contributed by atoms with Crippen molar-refractivity contribution in [1.29, 1.82) is 0 Å². The monoisotopic (exact) mass is 311 g/mol. The number of fused-ring (bicyclic) bond motifs is 1. The number of benzene rings is 2. The summed E-state index contributed by atoms with van der Waals surface area (Å²) < 4.78 is 15.7. The Morgan fingerprint density at radius 1 is 0.870 bits per heavy atom. The van der Waals surface area contributed by atoms with Crippen molar-refractivity contribution in [3.63, 3.8) is 0 Å². The number of hydrogen-bond acceptors (Lipinski definition) is 5. The van der Waals surface area contributed by atoms with E-state index in [0.717, 1.165) is 11.3 Å². The molecule has 0 saturated heterocycles. The van der Waals surface area contributed by atoms with Gasteiger partial charge in [0.25, 0.3) is 0 Å². The van der Waals surface area contributed by atoms with E-state index >= 15 is 0 Å². The van der Waals surface area contributed by atoms with Crippen LogP contribution in [0.15, 0.2) is 36.4 Å². The molecule has 0 radical (unpaired) electrons. The predicted octanol–water partition coefficient (Wildman–Crippen LogP) is 2.74. The predicted molar refractivity (Wildman–Crippen MR) is 87.9 cm³/mol. The standard InChI is InChI=1S/C18H17NO4/c1-21-11-6-4-10(5-7-11)15-17(19)13-8-12(22-2)9-14(23-3)16(13)18(15)20/h4-9H,19H2,1-3H3. The van der Waals surface area contributed by atoms with Gasteiger partial charge in [-0.3, -0.25) is 4.79 Å². The average molecular weight is 311 g/mol. The summed E-state index contributed by atoms with van der Waals surface area (Å²) in [6.45, 7) is 0. The summed E-state index contributed by atoms with van der Waals surface area (Å²) >= 11 is 0. The first-order valence-electron chi connectivity index (χ1n) is 7.06. The number of Topliss-reactive ketones (excluding diaryl/α,β-unsaturated/α-hetero) is 1. The minimum atomic E-state index is -0.151. The summed E-state index contributed by atoms with van der Waals surface area (Å²) in [5, 5.41) is 0. The zero-order valence-electron chi connectivity index (χ0n) is 13.2. The van der Waals surface area contributed by atoms with Gasteiger partial charge < -0.3 is 19.9 Å². The van der Waals surface area contributed by atoms with Crippen LogP contribution in [-0.4, -0.2) is 27.1 Å². The van der Waals surface area contributed by atoms with Gasteiger partial charge in [0.15, 0.2) is 5.78 Å². The van der Waals surface area contributed by atoms with E-state index in [1.54, 1.807) is 38.5 Å². The topological polar surface area (TPSA) is 70.8 Å². The minimum absolute atomic E-state index is 0.151. The van der Waals surface area contributed by atoms with Gasteiger partial charge in [-0.25, -0.2) is 0 Å². The molecule has 5 nitrogen and oxygen atoms in total. The molecule has 2 aromatic carbocycles. The molecule has 0 unspecified atom stereocenters. The van der Waals surface area contributed by atoms with Crippen molar-refractivity contribution >= 4 is 17.1 Å². The summed E-state index contributed by atoms with van der Waals surface area (Å²) in [6, 6.07) is 10.7. The first kappa shape index (κ1) is 15.0. The van der Waals surface area contributed by atoms with Crippen LogP contribution in [0.1, 0.15) is 21.5 Å². The van der Waals surface area contributed by atoms with E-state index in [-0.39, 0.29) is 5.78 Å². The van der Waals surface area contributed by atoms with E-state index < -0.39 is 0 Å². The molecule has 1 aliphatic rings. The quantitative estimate of drug-likeness (QED) is 0.940. The summed E-state index contributed by atoms with van der Waals surface area (Å²) in [5.41, 5.74) is 8.98. The smallest absolute Gasteiger partial charge is 0.200 e. The number of allylic oxidation sites excluding steroid dienone is 1. The highest BCUT2D eigenvalue weighted by molar-refractivity contribution is 6.40. The van der Waals surface area contributed by atoms with Crippen molar-refractivity contribution in [2.24, 2.45) is 5.73 Å².